The van der Waals surface area contributed by atoms with E-state index in [2.05, 4.69) is 373 Å². The maximum atomic E-state index is 2.31. The van der Waals surface area contributed by atoms with Crippen LogP contribution in [0.25, 0.3) is 129 Å². The molecule has 0 fully saturated rings. The standard InChI is InChI=1S/5C16H14.C15H12/c1-11-5-3-7-13-9-14-8-4-6-12(2)16(14)10-15(11)13;2*1-11-6-5-8-14-10-13-7-3-4-9-15(13)12(2)16(11)14;1-11-6-7-13-9-14-5-3-4-12(2)16(14)10-15(13)8-11;1-11-7-8-14-10-13-5-3-4-6-15(13)12(2)16(14)9-11;1-11-6-7-14-9-12-4-2-3-5-13(12)10-15(14)8-11/h5*3-10H,1-2H3;2-10H,1H3. The number of rotatable bonds is 0. The molecule has 0 N–H and O–H groups in total. The summed E-state index contributed by atoms with van der Waals surface area (Å²) in [6.45, 7) is 24.0. The Labute approximate surface area is 560 Å². The molecule has 0 saturated carbocycles. The minimum Gasteiger partial charge on any atom is -0.0616 e. The highest BCUT2D eigenvalue weighted by molar-refractivity contribution is 6.07. The van der Waals surface area contributed by atoms with Crippen LogP contribution in [0.1, 0.15) is 61.2 Å². The SMILES string of the molecule is Cc1ccc2cc3cccc(C)c3cc2c1.Cc1ccc2cc3ccccc3c(C)c2c1.Cc1ccc2cc3ccccc3cc2c1.Cc1cccc2cc3cccc(C)c3cc12.Cc1cccc2cc3ccccc3c(C)c12.Cc1cccc2cc3ccccc3c(C)c12. The Kier molecular flexibility index (Phi) is 18.1. The second-order valence-corrected chi connectivity index (χ2v) is 26.2. The summed E-state index contributed by atoms with van der Waals surface area (Å²) in [5.74, 6) is 0. The van der Waals surface area contributed by atoms with Crippen molar-refractivity contribution in [2.24, 2.45) is 0 Å². The van der Waals surface area contributed by atoms with Crippen molar-refractivity contribution in [1.29, 1.82) is 0 Å². The molecule has 0 saturated heterocycles. The van der Waals surface area contributed by atoms with E-state index in [0.717, 1.165) is 0 Å². The first-order valence-electron chi connectivity index (χ1n) is 33.4. The Morgan fingerprint density at radius 1 is 0.137 bits per heavy atom. The van der Waals surface area contributed by atoms with Gasteiger partial charge < -0.3 is 0 Å². The fourth-order valence-electron chi connectivity index (χ4n) is 14.3. The summed E-state index contributed by atoms with van der Waals surface area (Å²) in [4.78, 5) is 0. The molecular formula is C95H82. The zero-order valence-electron chi connectivity index (χ0n) is 56.8. The number of hydrogen-bond acceptors (Lipinski definition) is 0. The van der Waals surface area contributed by atoms with E-state index in [9.17, 15) is 0 Å². The number of fused-ring (bicyclic) bond motifs is 12. The van der Waals surface area contributed by atoms with Crippen LogP contribution in [0, 0.1) is 76.2 Å². The van der Waals surface area contributed by atoms with Crippen molar-refractivity contribution in [2.45, 2.75) is 76.2 Å². The molecule has 0 nitrogen and oxygen atoms in total. The van der Waals surface area contributed by atoms with E-state index in [4.69, 9.17) is 0 Å². The van der Waals surface area contributed by atoms with Crippen LogP contribution in [0.5, 0.6) is 0 Å². The molecule has 0 aliphatic carbocycles. The molecule has 0 heterocycles. The summed E-state index contributed by atoms with van der Waals surface area (Å²) < 4.78 is 0. The lowest BCUT2D eigenvalue weighted by molar-refractivity contribution is 1.49. The van der Waals surface area contributed by atoms with Crippen LogP contribution < -0.4 is 0 Å². The molecule has 0 unspecified atom stereocenters. The van der Waals surface area contributed by atoms with Crippen molar-refractivity contribution in [2.75, 3.05) is 0 Å². The van der Waals surface area contributed by atoms with Gasteiger partial charge >= 0.3 is 0 Å². The summed E-state index contributed by atoms with van der Waals surface area (Å²) in [5, 5.41) is 32.3. The highest BCUT2D eigenvalue weighted by Crippen LogP contribution is 2.34. The Morgan fingerprint density at radius 2 is 0.400 bits per heavy atom. The van der Waals surface area contributed by atoms with Gasteiger partial charge in [-0.2, -0.15) is 0 Å². The van der Waals surface area contributed by atoms with Crippen molar-refractivity contribution in [3.05, 3.63) is 358 Å². The van der Waals surface area contributed by atoms with Gasteiger partial charge in [0.25, 0.3) is 0 Å². The fourth-order valence-corrected chi connectivity index (χ4v) is 14.3. The van der Waals surface area contributed by atoms with E-state index in [1.54, 1.807) is 0 Å². The first-order valence-corrected chi connectivity index (χ1v) is 33.4. The van der Waals surface area contributed by atoms with Crippen molar-refractivity contribution >= 4 is 129 Å². The topological polar surface area (TPSA) is 0 Å². The lowest BCUT2D eigenvalue weighted by Crippen LogP contribution is -1.85. The molecule has 462 valence electrons. The number of aryl methyl sites for hydroxylation is 11. The van der Waals surface area contributed by atoms with E-state index in [-0.39, 0.29) is 0 Å². The van der Waals surface area contributed by atoms with Gasteiger partial charge in [0.15, 0.2) is 0 Å². The third-order valence-corrected chi connectivity index (χ3v) is 19.4. The Hall–Kier alpha value is -10.9. The van der Waals surface area contributed by atoms with Crippen LogP contribution in [-0.2, 0) is 0 Å². The van der Waals surface area contributed by atoms with E-state index in [1.807, 2.05) is 0 Å². The average Bonchev–Trinajstić information content (AvgIpc) is 0.844. The van der Waals surface area contributed by atoms with Crippen LogP contribution in [0.15, 0.2) is 297 Å². The zero-order chi connectivity index (χ0) is 65.9. The van der Waals surface area contributed by atoms with E-state index < -0.39 is 0 Å². The molecule has 0 atom stereocenters. The molecule has 0 aliphatic rings. The van der Waals surface area contributed by atoms with Gasteiger partial charge in [-0.15, -0.1) is 0 Å². The predicted octanol–water partition coefficient (Wildman–Crippen LogP) is 27.4. The quantitative estimate of drug-likeness (QED) is 0.133. The summed E-state index contributed by atoms with van der Waals surface area (Å²) in [7, 11) is 0. The molecule has 0 bridgehead atoms. The van der Waals surface area contributed by atoms with E-state index >= 15 is 0 Å². The molecule has 95 heavy (non-hydrogen) atoms. The monoisotopic (exact) mass is 1220 g/mol. The molecule has 0 spiro atoms. The first-order chi connectivity index (χ1) is 46.1. The van der Waals surface area contributed by atoms with Crippen LogP contribution in [0.2, 0.25) is 0 Å². The molecule has 0 aliphatic heterocycles. The van der Waals surface area contributed by atoms with Gasteiger partial charge in [0, 0.05) is 0 Å². The van der Waals surface area contributed by atoms with Gasteiger partial charge in [0.05, 0.1) is 0 Å². The summed E-state index contributed by atoms with van der Waals surface area (Å²) in [5.41, 5.74) is 14.9. The zero-order valence-corrected chi connectivity index (χ0v) is 56.8. The van der Waals surface area contributed by atoms with Crippen LogP contribution in [-0.4, -0.2) is 0 Å². The van der Waals surface area contributed by atoms with Crippen molar-refractivity contribution in [3.8, 4) is 0 Å². The number of hydrogen-bond donors (Lipinski definition) is 0. The second kappa shape index (κ2) is 27.3. The Bertz CT molecular complexity index is 5690. The van der Waals surface area contributed by atoms with Gasteiger partial charge in [0.1, 0.15) is 0 Å². The predicted molar refractivity (Wildman–Crippen MR) is 421 cm³/mol. The molecular weight excluding hydrogens is 1140 g/mol. The van der Waals surface area contributed by atoms with Crippen molar-refractivity contribution in [3.63, 3.8) is 0 Å². The second-order valence-electron chi connectivity index (χ2n) is 26.2. The molecule has 18 rings (SSSR count). The minimum atomic E-state index is 1.31. The minimum absolute atomic E-state index is 1.31. The third kappa shape index (κ3) is 13.4. The van der Waals surface area contributed by atoms with Gasteiger partial charge in [-0.1, -0.05) is 259 Å². The highest BCUT2D eigenvalue weighted by atomic mass is 14.1. The van der Waals surface area contributed by atoms with Gasteiger partial charge in [-0.05, 0) is 305 Å². The molecule has 0 amide bonds. The molecule has 0 heteroatoms. The van der Waals surface area contributed by atoms with Gasteiger partial charge in [-0.25, -0.2) is 0 Å². The Morgan fingerprint density at radius 3 is 0.842 bits per heavy atom. The van der Waals surface area contributed by atoms with E-state index in [0.29, 0.717) is 0 Å². The lowest BCUT2D eigenvalue weighted by Gasteiger charge is -2.09. The summed E-state index contributed by atoms with van der Waals surface area (Å²) in [6.07, 6.45) is 0. The lowest BCUT2D eigenvalue weighted by atomic mass is 9.95. The number of benzene rings is 18. The maximum Gasteiger partial charge on any atom is -0.0119 e. The van der Waals surface area contributed by atoms with Gasteiger partial charge in [0.2, 0.25) is 0 Å². The average molecular weight is 1220 g/mol. The largest absolute Gasteiger partial charge is 0.0616 e. The van der Waals surface area contributed by atoms with Crippen LogP contribution >= 0.6 is 0 Å². The molecule has 18 aromatic carbocycles. The molecule has 0 radical (unpaired) electrons. The van der Waals surface area contributed by atoms with Gasteiger partial charge in [-0.3, -0.25) is 0 Å². The smallest absolute Gasteiger partial charge is 0.0119 e. The van der Waals surface area contributed by atoms with Crippen LogP contribution in [0.3, 0.4) is 0 Å². The summed E-state index contributed by atoms with van der Waals surface area (Å²) in [6, 6.07) is 107. The normalized spacial score (nSPS) is 11.1. The highest BCUT2D eigenvalue weighted by Gasteiger charge is 2.09. The Balaban J connectivity index is 0.000000103. The van der Waals surface area contributed by atoms with E-state index in [1.165, 1.54) is 190 Å². The third-order valence-electron chi connectivity index (χ3n) is 19.4. The summed E-state index contributed by atoms with van der Waals surface area (Å²) >= 11 is 0. The fraction of sp³-hybridized carbons (Fsp3) is 0.116. The molecule has 18 aromatic rings. The van der Waals surface area contributed by atoms with Crippen LogP contribution in [0.4, 0.5) is 0 Å². The maximum absolute atomic E-state index is 2.31. The van der Waals surface area contributed by atoms with Crippen molar-refractivity contribution < 1.29 is 0 Å². The molecule has 0 aromatic heterocycles. The van der Waals surface area contributed by atoms with Crippen molar-refractivity contribution in [1.82, 2.24) is 0 Å². The first kappa shape index (κ1) is 62.9.